The minimum atomic E-state index is -1.35. The number of hydrogen-bond donors (Lipinski definition) is 7. The number of rotatable bonds is 14. The van der Waals surface area contributed by atoms with Crippen LogP contribution in [0.3, 0.4) is 0 Å². The number of nitrogens with two attached hydrogens (primary N) is 1. The Kier molecular flexibility index (Phi) is 20.4. The van der Waals surface area contributed by atoms with Gasteiger partial charge in [-0.05, 0) is 114 Å². The summed E-state index contributed by atoms with van der Waals surface area (Å²) in [6, 6.07) is 17.1. The lowest BCUT2D eigenvalue weighted by atomic mass is 9.97. The number of methoxy groups -OCH3 is 1. The molecule has 21 heteroatoms. The maximum atomic E-state index is 13.3. The molecule has 1 aromatic heterocycles. The second-order valence-corrected chi connectivity index (χ2v) is 14.4. The first-order valence-corrected chi connectivity index (χ1v) is 18.8. The zero-order chi connectivity index (χ0) is 50.0. The summed E-state index contributed by atoms with van der Waals surface area (Å²) in [6.45, 7) is 9.35. The number of carboxylic acids is 6. The minimum absolute atomic E-state index is 0.0389. The Balaban J connectivity index is 0.000000441. The lowest BCUT2D eigenvalue weighted by Crippen LogP contribution is -2.25. The van der Waals surface area contributed by atoms with E-state index in [-0.39, 0.29) is 59.2 Å². The first kappa shape index (κ1) is 54.6. The summed E-state index contributed by atoms with van der Waals surface area (Å²) in [7, 11) is 1.57. The average Bonchev–Trinajstić information content (AvgIpc) is 3.23. The van der Waals surface area contributed by atoms with Crippen LogP contribution in [-0.2, 0) is 9.59 Å². The van der Waals surface area contributed by atoms with Crippen LogP contribution in [0, 0.1) is 56.2 Å². The van der Waals surface area contributed by atoms with Gasteiger partial charge in [0.1, 0.15) is 17.1 Å². The Labute approximate surface area is 370 Å². The Morgan fingerprint density at radius 2 is 1.18 bits per heavy atom. The normalized spacial score (nSPS) is 12.0. The molecule has 4 rings (SSSR count). The predicted octanol–water partition coefficient (Wildman–Crippen LogP) is 6.70. The van der Waals surface area contributed by atoms with Crippen molar-refractivity contribution in [3.63, 3.8) is 0 Å². The summed E-state index contributed by atoms with van der Waals surface area (Å²) >= 11 is 0. The summed E-state index contributed by atoms with van der Waals surface area (Å²) in [5.74, 6) is -6.54. The highest BCUT2D eigenvalue weighted by molar-refractivity contribution is 5.95. The van der Waals surface area contributed by atoms with Crippen molar-refractivity contribution in [3.8, 4) is 23.6 Å². The lowest BCUT2D eigenvalue weighted by molar-refractivity contribution is -0.138. The molecule has 0 aliphatic rings. The van der Waals surface area contributed by atoms with Gasteiger partial charge < -0.3 is 45.7 Å². The zero-order valence-corrected chi connectivity index (χ0v) is 36.2. The number of pyridine rings is 1. The Morgan fingerprint density at radius 1 is 0.723 bits per heavy atom. The number of aromatic carboxylic acids is 4. The van der Waals surface area contributed by atoms with E-state index < -0.39 is 58.1 Å². The molecule has 2 unspecified atom stereocenters. The van der Waals surface area contributed by atoms with Crippen LogP contribution in [-0.4, -0.2) is 89.2 Å². The second kappa shape index (κ2) is 24.2. The third kappa shape index (κ3) is 17.1. The number of aromatic nitrogens is 1. The number of nitrogens with zero attached hydrogens (tertiary/aromatic N) is 5. The van der Waals surface area contributed by atoms with Gasteiger partial charge in [-0.1, -0.05) is 6.07 Å². The van der Waals surface area contributed by atoms with Gasteiger partial charge in [-0.15, -0.1) is 0 Å². The number of anilines is 1. The summed E-state index contributed by atoms with van der Waals surface area (Å²) in [5, 5.41) is 77.6. The number of halogens is 1. The Morgan fingerprint density at radius 3 is 1.55 bits per heavy atom. The van der Waals surface area contributed by atoms with Gasteiger partial charge in [-0.3, -0.25) is 14.4 Å². The fraction of sp³-hybridized carbons (Fsp3) is 0.295. The van der Waals surface area contributed by atoms with E-state index in [1.54, 1.807) is 62.8 Å². The number of carboxylic acid groups (broad SMARTS) is 6. The van der Waals surface area contributed by atoms with Gasteiger partial charge in [-0.2, -0.15) is 20.8 Å². The number of aliphatic carboxylic acids is 2. The first-order chi connectivity index (χ1) is 30.1. The van der Waals surface area contributed by atoms with Crippen molar-refractivity contribution in [2.75, 3.05) is 12.8 Å². The van der Waals surface area contributed by atoms with E-state index in [4.69, 9.17) is 51.6 Å². The number of azo groups is 1. The molecule has 0 amide bonds. The second-order valence-electron chi connectivity index (χ2n) is 14.4. The average molecular weight is 903 g/mol. The smallest absolute Gasteiger partial charge is 0.341 e. The van der Waals surface area contributed by atoms with E-state index in [0.29, 0.717) is 22.6 Å². The number of aryl methyl sites for hydroxylation is 3. The Hall–Kier alpha value is -8.46. The molecule has 0 bridgehead atoms. The molecular formula is C44H47FN6O14. The van der Waals surface area contributed by atoms with Gasteiger partial charge in [0.25, 0.3) is 0 Å². The lowest BCUT2D eigenvalue weighted by Gasteiger charge is -2.18. The van der Waals surface area contributed by atoms with E-state index in [2.05, 4.69) is 10.2 Å². The fourth-order valence-electron chi connectivity index (χ4n) is 5.38. The molecule has 0 saturated heterocycles. The van der Waals surface area contributed by atoms with E-state index in [1.165, 1.54) is 45.2 Å². The molecule has 344 valence electrons. The fourth-order valence-corrected chi connectivity index (χ4v) is 5.38. The maximum absolute atomic E-state index is 13.3. The summed E-state index contributed by atoms with van der Waals surface area (Å²) in [6.07, 6.45) is 0.760. The molecule has 2 atom stereocenters. The highest BCUT2D eigenvalue weighted by Gasteiger charge is 2.29. The van der Waals surface area contributed by atoms with Crippen LogP contribution in [0.1, 0.15) is 103 Å². The van der Waals surface area contributed by atoms with Crippen LogP contribution in [0.25, 0.3) is 5.69 Å². The van der Waals surface area contributed by atoms with Crippen LogP contribution in [0.15, 0.2) is 75.8 Å². The van der Waals surface area contributed by atoms with Gasteiger partial charge >= 0.3 is 35.8 Å². The van der Waals surface area contributed by atoms with Crippen molar-refractivity contribution >= 4 is 41.5 Å². The van der Waals surface area contributed by atoms with Gasteiger partial charge in [0, 0.05) is 42.2 Å². The molecule has 3 aromatic carbocycles. The molecular weight excluding hydrogens is 856 g/mol. The highest BCUT2D eigenvalue weighted by atomic mass is 19.1. The molecule has 0 aliphatic heterocycles. The number of ether oxygens (including phenoxy) is 1. The van der Waals surface area contributed by atoms with E-state index in [1.807, 2.05) is 12.1 Å². The van der Waals surface area contributed by atoms with Crippen molar-refractivity contribution in [2.45, 2.75) is 78.3 Å². The van der Waals surface area contributed by atoms with Gasteiger partial charge in [0.05, 0.1) is 35.9 Å². The topological polar surface area (TPSA) is 353 Å². The number of carbonyl (C=O) groups is 6. The molecule has 0 saturated carbocycles. The third-order valence-corrected chi connectivity index (χ3v) is 8.99. The number of benzene rings is 3. The predicted molar refractivity (Wildman–Crippen MR) is 229 cm³/mol. The summed E-state index contributed by atoms with van der Waals surface area (Å²) < 4.78 is 20.0. The molecule has 0 aliphatic carbocycles. The van der Waals surface area contributed by atoms with E-state index in [0.717, 1.165) is 11.8 Å². The van der Waals surface area contributed by atoms with Gasteiger partial charge in [-0.25, -0.2) is 23.6 Å². The van der Waals surface area contributed by atoms with E-state index >= 15 is 0 Å². The van der Waals surface area contributed by atoms with Crippen LogP contribution in [0.5, 0.6) is 5.75 Å². The Bertz CT molecular complexity index is 2540. The van der Waals surface area contributed by atoms with Crippen molar-refractivity contribution in [1.29, 1.82) is 10.5 Å². The first-order valence-electron chi connectivity index (χ1n) is 18.8. The van der Waals surface area contributed by atoms with Crippen molar-refractivity contribution < 1.29 is 68.5 Å². The zero-order valence-electron chi connectivity index (χ0n) is 36.2. The molecule has 20 nitrogen and oxygen atoms in total. The largest absolute Gasteiger partial charge is 0.497 e. The van der Waals surface area contributed by atoms with Crippen molar-refractivity contribution in [3.05, 3.63) is 121 Å². The number of nitrogen functional groups attached to an aromatic ring is 1. The summed E-state index contributed by atoms with van der Waals surface area (Å²) in [4.78, 5) is 75.2. The molecule has 0 radical (unpaired) electrons. The van der Waals surface area contributed by atoms with Crippen LogP contribution in [0.2, 0.25) is 0 Å². The monoisotopic (exact) mass is 902 g/mol. The molecule has 0 spiro atoms. The summed E-state index contributed by atoms with van der Waals surface area (Å²) in [5.41, 5.74) is 4.55. The highest BCUT2D eigenvalue weighted by Crippen LogP contribution is 2.24. The van der Waals surface area contributed by atoms with Crippen LogP contribution < -0.4 is 15.9 Å². The quantitative estimate of drug-likeness (QED) is 0.0511. The molecule has 0 fully saturated rings. The third-order valence-electron chi connectivity index (χ3n) is 8.99. The maximum Gasteiger partial charge on any atom is 0.341 e. The number of hydrogen-bond acceptors (Lipinski definition) is 13. The van der Waals surface area contributed by atoms with Crippen molar-refractivity contribution in [2.24, 2.45) is 10.2 Å². The van der Waals surface area contributed by atoms with Gasteiger partial charge in [0.2, 0.25) is 0 Å². The molecule has 1 heterocycles. The van der Waals surface area contributed by atoms with Crippen molar-refractivity contribution in [1.82, 2.24) is 4.57 Å². The van der Waals surface area contributed by atoms with Crippen LogP contribution in [0.4, 0.5) is 10.1 Å². The SMILES string of the molecule is CC(C#N)(CCC(=O)O)N=NC(C)(C#N)CCC(=O)O.COc1ccc(-n2cc(C(=O)O)c(=O)cc2C)cc1.Cc1cc(C)c(C(=O)O)c(C)c1F.Nc1cc(C(=O)O)cc(C(=O)O)c1. The van der Waals surface area contributed by atoms with Crippen LogP contribution >= 0.6 is 0 Å². The van der Waals surface area contributed by atoms with Gasteiger partial charge in [0.15, 0.2) is 16.5 Å². The van der Waals surface area contributed by atoms with E-state index in [9.17, 15) is 38.0 Å². The standard InChI is InChI=1S/C14H13NO4.C12H16N4O4.C10H11FO2.C8H7NO4/c1-9-7-13(16)12(14(17)18)8-15(9)10-3-5-11(19-2)6-4-10;1-11(7-13,5-3-9(17)18)15-16-12(2,8-14)6-4-10(19)20;1-5-4-6(2)9(11)7(3)8(5)10(12)13;9-6-2-4(7(10)11)1-5(3-6)8(12)13/h3-8H,1-2H3,(H,17,18);3-6H2,1-2H3,(H,17,18)(H,19,20);4H,1-3H3,(H,12,13);1-3H,9H2,(H,10,11)(H,12,13). The molecule has 4 aromatic rings. The molecule has 65 heavy (non-hydrogen) atoms. The minimum Gasteiger partial charge on any atom is -0.497 e. The molecule has 8 N–H and O–H groups in total. The number of nitriles is 2.